The molecule has 0 aliphatic carbocycles. The van der Waals surface area contributed by atoms with Gasteiger partial charge in [0.1, 0.15) is 0 Å². The summed E-state index contributed by atoms with van der Waals surface area (Å²) >= 11 is 0. The second-order valence-electron chi connectivity index (χ2n) is 1.48. The molecule has 0 aliphatic heterocycles. The van der Waals surface area contributed by atoms with E-state index in [-0.39, 0.29) is 0 Å². The van der Waals surface area contributed by atoms with Crippen LogP contribution in [0.5, 0.6) is 0 Å². The molecule has 2 heteroatoms. The van der Waals surface area contributed by atoms with Crippen LogP contribution in [0.2, 0.25) is 0 Å². The molecule has 0 heterocycles. The van der Waals surface area contributed by atoms with Crippen molar-refractivity contribution in [2.24, 2.45) is 0 Å². The molecule has 1 radical (unpaired) electrons. The summed E-state index contributed by atoms with van der Waals surface area (Å²) in [6, 6.07) is 0. The molecule has 2 nitrogen and oxygen atoms in total. The van der Waals surface area contributed by atoms with Gasteiger partial charge in [-0.05, 0) is 20.3 Å². The van der Waals surface area contributed by atoms with Gasteiger partial charge in [0.05, 0.1) is 0 Å². The summed E-state index contributed by atoms with van der Waals surface area (Å²) in [6.45, 7) is 11.0. The standard InChI is InChI=1S/C6H9O2.C2H4/c1-3-4-5(2)6(7)8;1-2/h4H,1,3H2,2H3,(H,7,8);1-2H2. The van der Waals surface area contributed by atoms with Crippen LogP contribution >= 0.6 is 0 Å². The third-order valence-electron chi connectivity index (χ3n) is 0.788. The summed E-state index contributed by atoms with van der Waals surface area (Å²) in [6.07, 6.45) is 2.11. The molecule has 0 unspecified atom stereocenters. The molecule has 0 aliphatic rings. The maximum absolute atomic E-state index is 9.99. The van der Waals surface area contributed by atoms with Crippen LogP contribution in [-0.4, -0.2) is 11.1 Å². The van der Waals surface area contributed by atoms with Gasteiger partial charge < -0.3 is 5.11 Å². The van der Waals surface area contributed by atoms with Crippen LogP contribution in [0.3, 0.4) is 0 Å². The Morgan fingerprint density at radius 1 is 1.60 bits per heavy atom. The van der Waals surface area contributed by atoms with Crippen molar-refractivity contribution in [3.8, 4) is 0 Å². The molecule has 0 rings (SSSR count). The van der Waals surface area contributed by atoms with Crippen molar-refractivity contribution >= 4 is 5.97 Å². The minimum absolute atomic E-state index is 0.361. The van der Waals surface area contributed by atoms with E-state index < -0.39 is 5.97 Å². The highest BCUT2D eigenvalue weighted by atomic mass is 16.4. The molecule has 0 bridgehead atoms. The average molecular weight is 141 g/mol. The van der Waals surface area contributed by atoms with E-state index in [1.807, 2.05) is 0 Å². The number of rotatable bonds is 2. The Morgan fingerprint density at radius 2 is 2.00 bits per heavy atom. The Kier molecular flexibility index (Phi) is 9.31. The molecular formula is C8H13O2. The van der Waals surface area contributed by atoms with Crippen molar-refractivity contribution < 1.29 is 9.90 Å². The van der Waals surface area contributed by atoms with Gasteiger partial charge in [-0.25, -0.2) is 4.79 Å². The third-order valence-corrected chi connectivity index (χ3v) is 0.788. The van der Waals surface area contributed by atoms with E-state index in [0.29, 0.717) is 12.0 Å². The quantitative estimate of drug-likeness (QED) is 0.472. The first-order valence-corrected chi connectivity index (χ1v) is 2.87. The molecule has 57 valence electrons. The molecular weight excluding hydrogens is 128 g/mol. The first kappa shape index (κ1) is 11.7. The Balaban J connectivity index is 0. The highest BCUT2D eigenvalue weighted by Crippen LogP contribution is 1.92. The fraction of sp³-hybridized carbons (Fsp3) is 0.250. The van der Waals surface area contributed by atoms with Crippen molar-refractivity contribution in [2.45, 2.75) is 13.3 Å². The van der Waals surface area contributed by atoms with Crippen molar-refractivity contribution in [1.29, 1.82) is 0 Å². The highest BCUT2D eigenvalue weighted by Gasteiger charge is 1.94. The Bertz CT molecular complexity index is 125. The smallest absolute Gasteiger partial charge is 0.330 e. The van der Waals surface area contributed by atoms with E-state index in [2.05, 4.69) is 20.1 Å². The zero-order chi connectivity index (χ0) is 8.57. The maximum atomic E-state index is 9.99. The Morgan fingerprint density at radius 3 is 2.10 bits per heavy atom. The second kappa shape index (κ2) is 7.95. The Hall–Kier alpha value is -1.05. The predicted molar refractivity (Wildman–Crippen MR) is 42.6 cm³/mol. The third kappa shape index (κ3) is 6.95. The number of aliphatic carboxylic acids is 1. The van der Waals surface area contributed by atoms with E-state index in [9.17, 15) is 4.79 Å². The van der Waals surface area contributed by atoms with Gasteiger partial charge in [0.2, 0.25) is 0 Å². The van der Waals surface area contributed by atoms with Gasteiger partial charge in [0, 0.05) is 5.57 Å². The number of carboxylic acids is 1. The lowest BCUT2D eigenvalue weighted by Gasteiger charge is -1.87. The van der Waals surface area contributed by atoms with E-state index in [1.165, 1.54) is 0 Å². The fourth-order valence-corrected chi connectivity index (χ4v) is 0.304. The zero-order valence-electron chi connectivity index (χ0n) is 6.26. The molecule has 1 N–H and O–H groups in total. The normalized spacial score (nSPS) is 9.60. The van der Waals surface area contributed by atoms with Crippen LogP contribution in [0.15, 0.2) is 24.8 Å². The molecule has 0 aromatic heterocycles. The predicted octanol–water partition coefficient (Wildman–Crippen LogP) is 2.04. The van der Waals surface area contributed by atoms with E-state index in [0.717, 1.165) is 0 Å². The monoisotopic (exact) mass is 141 g/mol. The molecule has 0 fully saturated rings. The van der Waals surface area contributed by atoms with Gasteiger partial charge in [-0.3, -0.25) is 0 Å². The summed E-state index contributed by atoms with van der Waals surface area (Å²) in [4.78, 5) is 9.99. The molecule has 0 saturated heterocycles. The number of carboxylic acid groups (broad SMARTS) is 1. The summed E-state index contributed by atoms with van der Waals surface area (Å²) in [5.74, 6) is -0.867. The van der Waals surface area contributed by atoms with Gasteiger partial charge in [-0.1, -0.05) is 6.08 Å². The van der Waals surface area contributed by atoms with E-state index in [4.69, 9.17) is 5.11 Å². The molecule has 0 amide bonds. The van der Waals surface area contributed by atoms with Crippen LogP contribution in [0.25, 0.3) is 0 Å². The molecule has 0 spiro atoms. The van der Waals surface area contributed by atoms with Crippen LogP contribution in [0, 0.1) is 6.92 Å². The van der Waals surface area contributed by atoms with Crippen LogP contribution in [0.4, 0.5) is 0 Å². The molecule has 0 saturated carbocycles. The Labute approximate surface area is 61.9 Å². The lowest BCUT2D eigenvalue weighted by Crippen LogP contribution is -1.94. The van der Waals surface area contributed by atoms with Gasteiger partial charge in [-0.15, -0.1) is 13.2 Å². The van der Waals surface area contributed by atoms with Crippen molar-refractivity contribution in [3.05, 3.63) is 31.7 Å². The van der Waals surface area contributed by atoms with Crippen molar-refractivity contribution in [3.63, 3.8) is 0 Å². The summed E-state index contributed by atoms with van der Waals surface area (Å²) in [5, 5.41) is 8.22. The second-order valence-corrected chi connectivity index (χ2v) is 1.48. The van der Waals surface area contributed by atoms with Gasteiger partial charge in [0.25, 0.3) is 0 Å². The largest absolute Gasteiger partial charge is 0.478 e. The van der Waals surface area contributed by atoms with Crippen LogP contribution in [0.1, 0.15) is 13.3 Å². The highest BCUT2D eigenvalue weighted by molar-refractivity contribution is 5.85. The van der Waals surface area contributed by atoms with Gasteiger partial charge in [0.15, 0.2) is 0 Å². The summed E-state index contributed by atoms with van der Waals surface area (Å²) in [7, 11) is 0. The summed E-state index contributed by atoms with van der Waals surface area (Å²) in [5.41, 5.74) is 0.361. The van der Waals surface area contributed by atoms with Crippen molar-refractivity contribution in [1.82, 2.24) is 0 Å². The minimum Gasteiger partial charge on any atom is -0.478 e. The lowest BCUT2D eigenvalue weighted by molar-refractivity contribution is -0.132. The number of hydrogen-bond acceptors (Lipinski definition) is 1. The lowest BCUT2D eigenvalue weighted by atomic mass is 10.2. The van der Waals surface area contributed by atoms with E-state index in [1.54, 1.807) is 13.0 Å². The van der Waals surface area contributed by atoms with Crippen molar-refractivity contribution in [2.75, 3.05) is 0 Å². The SMILES string of the molecule is C=C.[CH2]CC=C(C)C(=O)O. The molecule has 10 heavy (non-hydrogen) atoms. The maximum Gasteiger partial charge on any atom is 0.330 e. The number of hydrogen-bond donors (Lipinski definition) is 1. The molecule has 0 atom stereocenters. The average Bonchev–Trinajstić information content (AvgIpc) is 1.93. The number of carbonyl (C=O) groups is 1. The number of allylic oxidation sites excluding steroid dienone is 1. The first-order valence-electron chi connectivity index (χ1n) is 2.87. The molecule has 0 aromatic carbocycles. The molecule has 0 aromatic rings. The van der Waals surface area contributed by atoms with Crippen LogP contribution < -0.4 is 0 Å². The fourth-order valence-electron chi connectivity index (χ4n) is 0.304. The van der Waals surface area contributed by atoms with E-state index >= 15 is 0 Å². The topological polar surface area (TPSA) is 37.3 Å². The summed E-state index contributed by atoms with van der Waals surface area (Å²) < 4.78 is 0. The minimum atomic E-state index is -0.867. The zero-order valence-corrected chi connectivity index (χ0v) is 6.26. The van der Waals surface area contributed by atoms with Crippen LogP contribution in [-0.2, 0) is 4.79 Å². The van der Waals surface area contributed by atoms with Gasteiger partial charge >= 0.3 is 5.97 Å². The first-order chi connectivity index (χ1) is 4.68. The van der Waals surface area contributed by atoms with Gasteiger partial charge in [-0.2, -0.15) is 0 Å².